The van der Waals surface area contributed by atoms with Gasteiger partial charge in [-0.2, -0.15) is 0 Å². The van der Waals surface area contributed by atoms with E-state index in [1.165, 1.54) is 0 Å². The topological polar surface area (TPSA) is 139 Å². The Morgan fingerprint density at radius 3 is 2.06 bits per heavy atom. The smallest absolute Gasteiger partial charge is 0.287 e. The van der Waals surface area contributed by atoms with E-state index >= 15 is 0 Å². The molecule has 2 aliphatic rings. The lowest BCUT2D eigenvalue weighted by molar-refractivity contribution is -0.145. The number of nitrogens with two attached hydrogens (primary N) is 1. The van der Waals surface area contributed by atoms with E-state index in [-0.39, 0.29) is 47.3 Å². The summed E-state index contributed by atoms with van der Waals surface area (Å²) in [6.07, 6.45) is 2.92. The molecule has 0 bridgehead atoms. The standard InChI is InChI=1S/C26H44N4O5/c1-8-15(6)24(33)29-20(14(4)5)26(35)30-12-16(7)19(13(2)3)21(30)25(34)28-18(11-17-9-10-17)22(31)23(27)32/h13-21H,8-12H2,1-7H3,(H2,27,32)(H,28,34)(H,29,33)/t15-,16-,18?,19-,20-,21-/m0/s1. The second kappa shape index (κ2) is 12.0. The molecule has 2 rings (SSSR count). The third-order valence-electron chi connectivity index (χ3n) is 7.60. The third kappa shape index (κ3) is 7.04. The van der Waals surface area contributed by atoms with Gasteiger partial charge in [0.25, 0.3) is 5.91 Å². The van der Waals surface area contributed by atoms with Gasteiger partial charge < -0.3 is 21.3 Å². The molecular weight excluding hydrogens is 448 g/mol. The maximum absolute atomic E-state index is 13.8. The molecule has 4 amide bonds. The number of ketones is 1. The Kier molecular flexibility index (Phi) is 9.86. The van der Waals surface area contributed by atoms with Crippen LogP contribution in [0.1, 0.15) is 74.1 Å². The van der Waals surface area contributed by atoms with Gasteiger partial charge in [0.1, 0.15) is 12.1 Å². The molecule has 198 valence electrons. The highest BCUT2D eigenvalue weighted by Gasteiger charge is 2.49. The lowest BCUT2D eigenvalue weighted by atomic mass is 9.82. The summed E-state index contributed by atoms with van der Waals surface area (Å²) in [5.74, 6) is -2.94. The van der Waals surface area contributed by atoms with E-state index in [1.54, 1.807) is 4.90 Å². The van der Waals surface area contributed by atoms with Crippen molar-refractivity contribution in [2.45, 2.75) is 92.3 Å². The van der Waals surface area contributed by atoms with Gasteiger partial charge >= 0.3 is 0 Å². The molecule has 0 aromatic carbocycles. The van der Waals surface area contributed by atoms with Crippen molar-refractivity contribution in [2.24, 2.45) is 41.2 Å². The molecule has 1 heterocycles. The summed E-state index contributed by atoms with van der Waals surface area (Å²) in [7, 11) is 0. The van der Waals surface area contributed by atoms with Crippen molar-refractivity contribution in [3.8, 4) is 0 Å². The van der Waals surface area contributed by atoms with Crippen LogP contribution >= 0.6 is 0 Å². The number of rotatable bonds is 12. The molecule has 1 saturated carbocycles. The summed E-state index contributed by atoms with van der Waals surface area (Å²) in [6.45, 7) is 13.9. The molecule has 1 unspecified atom stereocenters. The number of likely N-dealkylation sites (tertiary alicyclic amines) is 1. The summed E-state index contributed by atoms with van der Waals surface area (Å²) >= 11 is 0. The van der Waals surface area contributed by atoms with Crippen LogP contribution in [0.2, 0.25) is 0 Å². The van der Waals surface area contributed by atoms with Crippen LogP contribution in [0.3, 0.4) is 0 Å². The van der Waals surface area contributed by atoms with Crippen molar-refractivity contribution in [3.63, 3.8) is 0 Å². The maximum Gasteiger partial charge on any atom is 0.287 e. The number of nitrogens with zero attached hydrogens (tertiary/aromatic N) is 1. The molecule has 0 aromatic rings. The second-order valence-electron chi connectivity index (χ2n) is 11.2. The molecule has 2 fully saturated rings. The van der Waals surface area contributed by atoms with Gasteiger partial charge in [0.2, 0.25) is 23.5 Å². The van der Waals surface area contributed by atoms with Crippen LogP contribution < -0.4 is 16.4 Å². The fourth-order valence-corrected chi connectivity index (χ4v) is 5.15. The molecule has 9 nitrogen and oxygen atoms in total. The van der Waals surface area contributed by atoms with Crippen molar-refractivity contribution in [3.05, 3.63) is 0 Å². The van der Waals surface area contributed by atoms with E-state index in [1.807, 2.05) is 48.5 Å². The first kappa shape index (κ1) is 28.8. The molecule has 1 aliphatic heterocycles. The van der Waals surface area contributed by atoms with Gasteiger partial charge in [-0.15, -0.1) is 0 Å². The molecular formula is C26H44N4O5. The Balaban J connectivity index is 2.33. The van der Waals surface area contributed by atoms with Crippen LogP contribution in [-0.2, 0) is 24.0 Å². The van der Waals surface area contributed by atoms with E-state index in [4.69, 9.17) is 5.73 Å². The SMILES string of the molecule is CC[C@H](C)C(=O)N[C@H](C(=O)N1C[C@H](C)[C@H](C(C)C)[C@H]1C(=O)NC(CC1CC1)C(=O)C(N)=O)C(C)C. The third-order valence-corrected chi connectivity index (χ3v) is 7.60. The van der Waals surface area contributed by atoms with Crippen LogP contribution in [0.25, 0.3) is 0 Å². The lowest BCUT2D eigenvalue weighted by Crippen LogP contribution is -2.59. The first-order valence-electron chi connectivity index (χ1n) is 13.0. The molecule has 1 aliphatic carbocycles. The Labute approximate surface area is 209 Å². The fourth-order valence-electron chi connectivity index (χ4n) is 5.15. The minimum absolute atomic E-state index is 0.0431. The number of Topliss-reactive ketones (excluding diaryl/α,β-unsaturated/α-hetero) is 1. The Bertz CT molecular complexity index is 823. The van der Waals surface area contributed by atoms with E-state index < -0.39 is 35.7 Å². The molecule has 4 N–H and O–H groups in total. The minimum atomic E-state index is -1.07. The molecule has 35 heavy (non-hydrogen) atoms. The summed E-state index contributed by atoms with van der Waals surface area (Å²) in [4.78, 5) is 65.6. The average molecular weight is 493 g/mol. The quantitative estimate of drug-likeness (QED) is 0.355. The summed E-state index contributed by atoms with van der Waals surface area (Å²) in [6, 6.07) is -2.56. The first-order valence-corrected chi connectivity index (χ1v) is 13.0. The first-order chi connectivity index (χ1) is 16.3. The summed E-state index contributed by atoms with van der Waals surface area (Å²) in [5.41, 5.74) is 5.25. The van der Waals surface area contributed by atoms with Crippen molar-refractivity contribution < 1.29 is 24.0 Å². The van der Waals surface area contributed by atoms with Gasteiger partial charge in [0.05, 0.1) is 6.04 Å². The highest BCUT2D eigenvalue weighted by molar-refractivity contribution is 6.37. The largest absolute Gasteiger partial charge is 0.363 e. The van der Waals surface area contributed by atoms with Gasteiger partial charge in [0.15, 0.2) is 0 Å². The van der Waals surface area contributed by atoms with Gasteiger partial charge in [-0.3, -0.25) is 24.0 Å². The zero-order valence-electron chi connectivity index (χ0n) is 22.3. The van der Waals surface area contributed by atoms with Gasteiger partial charge in [-0.05, 0) is 42.4 Å². The highest BCUT2D eigenvalue weighted by atomic mass is 16.2. The zero-order valence-corrected chi connectivity index (χ0v) is 22.3. The van der Waals surface area contributed by atoms with Crippen LogP contribution in [0.5, 0.6) is 0 Å². The number of carbonyl (C=O) groups excluding carboxylic acids is 5. The van der Waals surface area contributed by atoms with Gasteiger partial charge in [0, 0.05) is 12.5 Å². The van der Waals surface area contributed by atoms with Gasteiger partial charge in [-0.25, -0.2) is 0 Å². The summed E-state index contributed by atoms with van der Waals surface area (Å²) in [5, 5.41) is 5.66. The van der Waals surface area contributed by atoms with Crippen LogP contribution in [0, 0.1) is 35.5 Å². The molecule has 9 heteroatoms. The maximum atomic E-state index is 13.8. The molecule has 6 atom stereocenters. The number of amides is 4. The predicted molar refractivity (Wildman–Crippen MR) is 133 cm³/mol. The fraction of sp³-hybridized carbons (Fsp3) is 0.808. The van der Waals surface area contributed by atoms with Crippen molar-refractivity contribution in [1.29, 1.82) is 0 Å². The van der Waals surface area contributed by atoms with E-state index in [9.17, 15) is 24.0 Å². The number of hydrogen-bond donors (Lipinski definition) is 3. The van der Waals surface area contributed by atoms with Crippen LogP contribution in [-0.4, -0.2) is 59.0 Å². The number of carbonyl (C=O) groups is 5. The summed E-state index contributed by atoms with van der Waals surface area (Å²) < 4.78 is 0. The zero-order chi connectivity index (χ0) is 26.6. The lowest BCUT2D eigenvalue weighted by Gasteiger charge is -2.34. The number of hydrogen-bond acceptors (Lipinski definition) is 5. The number of primary amides is 1. The molecule has 0 radical (unpaired) electrons. The monoisotopic (exact) mass is 492 g/mol. The van der Waals surface area contributed by atoms with Crippen LogP contribution in [0.15, 0.2) is 0 Å². The second-order valence-corrected chi connectivity index (χ2v) is 11.2. The van der Waals surface area contributed by atoms with Gasteiger partial charge in [-0.1, -0.05) is 61.3 Å². The Morgan fingerprint density at radius 1 is 1.00 bits per heavy atom. The number of nitrogens with one attached hydrogen (secondary N) is 2. The molecule has 0 aromatic heterocycles. The Hall–Kier alpha value is -2.45. The van der Waals surface area contributed by atoms with E-state index in [0.717, 1.165) is 12.8 Å². The Morgan fingerprint density at radius 2 is 1.60 bits per heavy atom. The molecule has 1 saturated heterocycles. The molecule has 0 spiro atoms. The minimum Gasteiger partial charge on any atom is -0.363 e. The normalized spacial score (nSPS) is 24.7. The van der Waals surface area contributed by atoms with Crippen LogP contribution in [0.4, 0.5) is 0 Å². The highest BCUT2D eigenvalue weighted by Crippen LogP contribution is 2.37. The van der Waals surface area contributed by atoms with Crippen molar-refractivity contribution in [2.75, 3.05) is 6.54 Å². The van der Waals surface area contributed by atoms with E-state index in [2.05, 4.69) is 10.6 Å². The van der Waals surface area contributed by atoms with Crippen molar-refractivity contribution in [1.82, 2.24) is 15.5 Å². The predicted octanol–water partition coefficient (Wildman–Crippen LogP) is 1.63. The van der Waals surface area contributed by atoms with Crippen molar-refractivity contribution >= 4 is 29.4 Å². The average Bonchev–Trinajstić information content (AvgIpc) is 3.53. The van der Waals surface area contributed by atoms with E-state index in [0.29, 0.717) is 19.4 Å².